The normalized spacial score (nSPS) is 25.0. The maximum absolute atomic E-state index is 4.79. The van der Waals surface area contributed by atoms with Gasteiger partial charge in [0.1, 0.15) is 0 Å². The molecule has 1 unspecified atom stereocenters. The molecule has 0 amide bonds. The fourth-order valence-corrected chi connectivity index (χ4v) is 2.75. The summed E-state index contributed by atoms with van der Waals surface area (Å²) in [6.45, 7) is 7.64. The summed E-state index contributed by atoms with van der Waals surface area (Å²) < 4.78 is 0. The van der Waals surface area contributed by atoms with Crippen molar-refractivity contribution in [2.45, 2.75) is 44.9 Å². The second-order valence-corrected chi connectivity index (χ2v) is 6.34. The summed E-state index contributed by atoms with van der Waals surface area (Å²) in [4.78, 5) is 9.74. The molecule has 2 aliphatic rings. The average Bonchev–Trinajstić information content (AvgIpc) is 3.25. The van der Waals surface area contributed by atoms with Gasteiger partial charge in [0, 0.05) is 44.8 Å². The minimum Gasteiger partial charge on any atom is -0.308 e. The molecule has 0 aromatic carbocycles. The molecule has 0 bridgehead atoms. The van der Waals surface area contributed by atoms with Crippen LogP contribution < -0.4 is 5.32 Å². The number of pyridine rings is 1. The van der Waals surface area contributed by atoms with Gasteiger partial charge in [-0.2, -0.15) is 0 Å². The van der Waals surface area contributed by atoms with Crippen molar-refractivity contribution in [3.8, 4) is 0 Å². The predicted octanol–water partition coefficient (Wildman–Crippen LogP) is 1.47. The van der Waals surface area contributed by atoms with Crippen LogP contribution >= 0.6 is 0 Å². The van der Waals surface area contributed by atoms with E-state index in [1.807, 2.05) is 0 Å². The Kier molecular flexibility index (Phi) is 4.34. The van der Waals surface area contributed by atoms with Crippen molar-refractivity contribution >= 4 is 0 Å². The molecule has 4 nitrogen and oxygen atoms in total. The van der Waals surface area contributed by atoms with Crippen LogP contribution in [-0.4, -0.2) is 53.5 Å². The first-order valence-corrected chi connectivity index (χ1v) is 7.81. The lowest BCUT2D eigenvalue weighted by atomic mass is 10.2. The molecule has 110 valence electrons. The molecule has 2 fully saturated rings. The van der Waals surface area contributed by atoms with Crippen LogP contribution in [0, 0.1) is 0 Å². The van der Waals surface area contributed by atoms with Gasteiger partial charge in [-0.3, -0.25) is 9.88 Å². The predicted molar refractivity (Wildman–Crippen MR) is 81.5 cm³/mol. The van der Waals surface area contributed by atoms with Crippen LogP contribution in [0.15, 0.2) is 18.2 Å². The van der Waals surface area contributed by atoms with Crippen LogP contribution in [0.3, 0.4) is 0 Å². The monoisotopic (exact) mass is 274 g/mol. The lowest BCUT2D eigenvalue weighted by Gasteiger charge is -2.37. The van der Waals surface area contributed by atoms with Crippen molar-refractivity contribution in [3.63, 3.8) is 0 Å². The van der Waals surface area contributed by atoms with Crippen molar-refractivity contribution in [3.05, 3.63) is 29.6 Å². The highest BCUT2D eigenvalue weighted by molar-refractivity contribution is 5.11. The van der Waals surface area contributed by atoms with Gasteiger partial charge in [0.2, 0.25) is 0 Å². The lowest BCUT2D eigenvalue weighted by Crippen LogP contribution is -2.49. The SMILES string of the molecule is CC1CN(Cc2cccc(CNC3CC3)n2)CCN1C. The van der Waals surface area contributed by atoms with E-state index in [4.69, 9.17) is 4.98 Å². The Morgan fingerprint density at radius 2 is 2.05 bits per heavy atom. The largest absolute Gasteiger partial charge is 0.308 e. The summed E-state index contributed by atoms with van der Waals surface area (Å²) in [6.07, 6.45) is 2.66. The zero-order valence-corrected chi connectivity index (χ0v) is 12.7. The Bertz CT molecular complexity index is 444. The molecular formula is C16H26N4. The molecule has 1 N–H and O–H groups in total. The number of piperazine rings is 1. The Balaban J connectivity index is 1.54. The third-order valence-electron chi connectivity index (χ3n) is 4.44. The first-order chi connectivity index (χ1) is 9.70. The van der Waals surface area contributed by atoms with E-state index in [2.05, 4.69) is 47.3 Å². The van der Waals surface area contributed by atoms with Crippen LogP contribution in [0.25, 0.3) is 0 Å². The van der Waals surface area contributed by atoms with Crippen LogP contribution in [0.5, 0.6) is 0 Å². The van der Waals surface area contributed by atoms with E-state index in [0.717, 1.165) is 38.8 Å². The van der Waals surface area contributed by atoms with Gasteiger partial charge >= 0.3 is 0 Å². The van der Waals surface area contributed by atoms with Gasteiger partial charge in [-0.15, -0.1) is 0 Å². The van der Waals surface area contributed by atoms with Crippen LogP contribution in [0.1, 0.15) is 31.2 Å². The van der Waals surface area contributed by atoms with Gasteiger partial charge in [-0.05, 0) is 38.9 Å². The molecule has 4 heteroatoms. The van der Waals surface area contributed by atoms with Gasteiger partial charge in [0.15, 0.2) is 0 Å². The molecule has 2 heterocycles. The first kappa shape index (κ1) is 14.0. The molecule has 0 spiro atoms. The lowest BCUT2D eigenvalue weighted by molar-refractivity contribution is 0.0990. The number of likely N-dealkylation sites (N-methyl/N-ethyl adjacent to an activating group) is 1. The number of hydrogen-bond donors (Lipinski definition) is 1. The molecule has 0 radical (unpaired) electrons. The van der Waals surface area contributed by atoms with Gasteiger partial charge in [0.05, 0.1) is 11.4 Å². The zero-order valence-electron chi connectivity index (χ0n) is 12.7. The van der Waals surface area contributed by atoms with Crippen LogP contribution in [0.4, 0.5) is 0 Å². The summed E-state index contributed by atoms with van der Waals surface area (Å²) in [6, 6.07) is 7.82. The highest BCUT2D eigenvalue weighted by atomic mass is 15.3. The Morgan fingerprint density at radius 1 is 1.25 bits per heavy atom. The van der Waals surface area contributed by atoms with Crippen molar-refractivity contribution in [2.75, 3.05) is 26.7 Å². The molecule has 1 aliphatic carbocycles. The third-order valence-corrected chi connectivity index (χ3v) is 4.44. The van der Waals surface area contributed by atoms with E-state index < -0.39 is 0 Å². The fourth-order valence-electron chi connectivity index (χ4n) is 2.75. The van der Waals surface area contributed by atoms with Gasteiger partial charge in [-0.25, -0.2) is 0 Å². The van der Waals surface area contributed by atoms with Gasteiger partial charge < -0.3 is 10.2 Å². The molecule has 1 aromatic heterocycles. The summed E-state index contributed by atoms with van der Waals surface area (Å²) in [5, 5.41) is 3.53. The average molecular weight is 274 g/mol. The zero-order chi connectivity index (χ0) is 13.9. The van der Waals surface area contributed by atoms with E-state index in [-0.39, 0.29) is 0 Å². The number of rotatable bonds is 5. The van der Waals surface area contributed by atoms with Crippen molar-refractivity contribution in [1.29, 1.82) is 0 Å². The number of hydrogen-bond acceptors (Lipinski definition) is 4. The molecule has 1 atom stereocenters. The van der Waals surface area contributed by atoms with Gasteiger partial charge in [-0.1, -0.05) is 6.07 Å². The van der Waals surface area contributed by atoms with E-state index in [1.165, 1.54) is 24.2 Å². The molecule has 1 saturated heterocycles. The highest BCUT2D eigenvalue weighted by Crippen LogP contribution is 2.19. The van der Waals surface area contributed by atoms with Gasteiger partial charge in [0.25, 0.3) is 0 Å². The molecule has 1 saturated carbocycles. The topological polar surface area (TPSA) is 31.4 Å². The number of nitrogens with zero attached hydrogens (tertiary/aromatic N) is 3. The number of aromatic nitrogens is 1. The Hall–Kier alpha value is -0.970. The molecule has 1 aromatic rings. The van der Waals surface area contributed by atoms with Crippen molar-refractivity contribution in [1.82, 2.24) is 20.1 Å². The maximum Gasteiger partial charge on any atom is 0.0547 e. The molecule has 20 heavy (non-hydrogen) atoms. The summed E-state index contributed by atoms with van der Waals surface area (Å²) >= 11 is 0. The fraction of sp³-hybridized carbons (Fsp3) is 0.688. The van der Waals surface area contributed by atoms with Crippen LogP contribution in [-0.2, 0) is 13.1 Å². The standard InChI is InChI=1S/C16H26N4/c1-13-11-20(9-8-19(13)2)12-16-5-3-4-15(18-16)10-17-14-6-7-14/h3-5,13-14,17H,6-12H2,1-2H3. The summed E-state index contributed by atoms with van der Waals surface area (Å²) in [5.74, 6) is 0. The minimum atomic E-state index is 0.642. The Morgan fingerprint density at radius 3 is 2.80 bits per heavy atom. The molecule has 3 rings (SSSR count). The van der Waals surface area contributed by atoms with E-state index >= 15 is 0 Å². The first-order valence-electron chi connectivity index (χ1n) is 7.81. The molecular weight excluding hydrogens is 248 g/mol. The third kappa shape index (κ3) is 3.78. The number of nitrogens with one attached hydrogen (secondary N) is 1. The van der Waals surface area contributed by atoms with Crippen molar-refractivity contribution < 1.29 is 0 Å². The van der Waals surface area contributed by atoms with E-state index in [1.54, 1.807) is 0 Å². The quantitative estimate of drug-likeness (QED) is 0.881. The summed E-state index contributed by atoms with van der Waals surface area (Å²) in [5.41, 5.74) is 2.38. The second-order valence-electron chi connectivity index (χ2n) is 6.34. The van der Waals surface area contributed by atoms with Crippen molar-refractivity contribution in [2.24, 2.45) is 0 Å². The van der Waals surface area contributed by atoms with Crippen LogP contribution in [0.2, 0.25) is 0 Å². The highest BCUT2D eigenvalue weighted by Gasteiger charge is 2.21. The summed E-state index contributed by atoms with van der Waals surface area (Å²) in [7, 11) is 2.21. The smallest absolute Gasteiger partial charge is 0.0547 e. The Labute approximate surface area is 122 Å². The van der Waals surface area contributed by atoms with E-state index in [0.29, 0.717) is 6.04 Å². The molecule has 1 aliphatic heterocycles. The van der Waals surface area contributed by atoms with E-state index in [9.17, 15) is 0 Å². The maximum atomic E-state index is 4.79. The second kappa shape index (κ2) is 6.20. The minimum absolute atomic E-state index is 0.642.